The normalized spacial score (nSPS) is 13.8. The highest BCUT2D eigenvalue weighted by Crippen LogP contribution is 2.31. The first-order valence-corrected chi connectivity index (χ1v) is 6.37. The lowest BCUT2D eigenvalue weighted by molar-refractivity contribution is -0.116. The minimum Gasteiger partial charge on any atom is -0.397 e. The molecule has 104 valence electrons. The van der Waals surface area contributed by atoms with Crippen LogP contribution in [0.1, 0.15) is 23.7 Å². The van der Waals surface area contributed by atoms with Crippen molar-refractivity contribution in [1.82, 2.24) is 10.1 Å². The number of carbonyl (C=O) groups excluding carboxylic acids is 1. The quantitative estimate of drug-likeness (QED) is 0.731. The van der Waals surface area contributed by atoms with Gasteiger partial charge in [0.1, 0.15) is 0 Å². The van der Waals surface area contributed by atoms with E-state index in [1.54, 1.807) is 6.92 Å². The Morgan fingerprint density at radius 2 is 2.30 bits per heavy atom. The number of nitrogens with one attached hydrogen (secondary N) is 2. The van der Waals surface area contributed by atoms with Crippen LogP contribution in [0.5, 0.6) is 0 Å². The fourth-order valence-corrected chi connectivity index (χ4v) is 2.18. The number of carbonyl (C=O) groups is 1. The molecule has 20 heavy (non-hydrogen) atoms. The molecule has 1 aromatic heterocycles. The molecular formula is C13H15N5O2. The maximum Gasteiger partial charge on any atom is 0.245 e. The number of benzene rings is 1. The predicted molar refractivity (Wildman–Crippen MR) is 74.2 cm³/mol. The predicted octanol–water partition coefficient (Wildman–Crippen LogP) is 1.46. The average Bonchev–Trinajstić information content (AvgIpc) is 2.83. The molecule has 0 spiro atoms. The molecule has 0 radical (unpaired) electrons. The van der Waals surface area contributed by atoms with E-state index in [0.29, 0.717) is 36.8 Å². The Kier molecular flexibility index (Phi) is 3.02. The van der Waals surface area contributed by atoms with Gasteiger partial charge in [0.05, 0.1) is 17.9 Å². The third kappa shape index (κ3) is 2.42. The molecule has 0 saturated carbocycles. The first-order chi connectivity index (χ1) is 9.61. The second-order valence-electron chi connectivity index (χ2n) is 4.73. The maximum absolute atomic E-state index is 11.4. The number of fused-ring (bicyclic) bond motifs is 1. The lowest BCUT2D eigenvalue weighted by Crippen LogP contribution is -2.19. The smallest absolute Gasteiger partial charge is 0.245 e. The fourth-order valence-electron chi connectivity index (χ4n) is 2.18. The van der Waals surface area contributed by atoms with E-state index in [2.05, 4.69) is 20.8 Å². The molecule has 1 aliphatic rings. The van der Waals surface area contributed by atoms with Crippen LogP contribution in [0.4, 0.5) is 17.1 Å². The van der Waals surface area contributed by atoms with Crippen LogP contribution in [0.25, 0.3) is 0 Å². The molecule has 4 N–H and O–H groups in total. The largest absolute Gasteiger partial charge is 0.397 e. The molecule has 0 unspecified atom stereocenters. The Hall–Kier alpha value is -2.57. The second kappa shape index (κ2) is 4.84. The summed E-state index contributed by atoms with van der Waals surface area (Å²) in [7, 11) is 0. The van der Waals surface area contributed by atoms with Gasteiger partial charge in [-0.3, -0.25) is 4.79 Å². The summed E-state index contributed by atoms with van der Waals surface area (Å²) < 4.78 is 5.02. The molecule has 0 aliphatic carbocycles. The van der Waals surface area contributed by atoms with Gasteiger partial charge in [0.15, 0.2) is 5.82 Å². The van der Waals surface area contributed by atoms with E-state index in [1.807, 2.05) is 12.1 Å². The van der Waals surface area contributed by atoms with Gasteiger partial charge in [0, 0.05) is 12.1 Å². The van der Waals surface area contributed by atoms with Crippen LogP contribution in [-0.4, -0.2) is 16.0 Å². The van der Waals surface area contributed by atoms with Crippen LogP contribution < -0.4 is 16.4 Å². The van der Waals surface area contributed by atoms with Crippen LogP contribution in [0.3, 0.4) is 0 Å². The Balaban J connectivity index is 1.79. The highest BCUT2D eigenvalue weighted by Gasteiger charge is 2.16. The van der Waals surface area contributed by atoms with Crippen LogP contribution >= 0.6 is 0 Å². The van der Waals surface area contributed by atoms with Crippen molar-refractivity contribution in [2.45, 2.75) is 26.3 Å². The van der Waals surface area contributed by atoms with E-state index >= 15 is 0 Å². The highest BCUT2D eigenvalue weighted by molar-refractivity contribution is 5.95. The molecule has 7 heteroatoms. The number of rotatable bonds is 3. The summed E-state index contributed by atoms with van der Waals surface area (Å²) >= 11 is 0. The van der Waals surface area contributed by atoms with Crippen molar-refractivity contribution in [3.8, 4) is 0 Å². The van der Waals surface area contributed by atoms with Crippen molar-refractivity contribution in [2.75, 3.05) is 16.4 Å². The number of aryl methyl sites for hydroxylation is 2. The number of amides is 1. The topological polar surface area (TPSA) is 106 Å². The summed E-state index contributed by atoms with van der Waals surface area (Å²) in [6.45, 7) is 2.15. The number of nitrogens with two attached hydrogens (primary N) is 1. The summed E-state index contributed by atoms with van der Waals surface area (Å²) in [5.74, 6) is 1.11. The summed E-state index contributed by atoms with van der Waals surface area (Å²) in [6, 6.07) is 3.72. The van der Waals surface area contributed by atoms with Crippen LogP contribution in [0.15, 0.2) is 16.7 Å². The van der Waals surface area contributed by atoms with Crippen molar-refractivity contribution < 1.29 is 9.32 Å². The van der Waals surface area contributed by atoms with E-state index in [4.69, 9.17) is 10.3 Å². The number of anilines is 3. The number of aromatic nitrogens is 2. The lowest BCUT2D eigenvalue weighted by Gasteiger charge is -2.19. The van der Waals surface area contributed by atoms with E-state index in [9.17, 15) is 4.79 Å². The summed E-state index contributed by atoms with van der Waals surface area (Å²) in [5, 5.41) is 9.70. The number of hydrogen-bond donors (Lipinski definition) is 3. The molecule has 0 saturated heterocycles. The Labute approximate surface area is 115 Å². The molecule has 3 rings (SSSR count). The zero-order valence-electron chi connectivity index (χ0n) is 11.1. The van der Waals surface area contributed by atoms with E-state index in [0.717, 1.165) is 16.9 Å². The molecule has 2 aromatic rings. The molecule has 7 nitrogen and oxygen atoms in total. The Morgan fingerprint density at radius 3 is 3.05 bits per heavy atom. The lowest BCUT2D eigenvalue weighted by atomic mass is 10.0. The third-order valence-corrected chi connectivity index (χ3v) is 3.17. The van der Waals surface area contributed by atoms with E-state index in [-0.39, 0.29) is 5.91 Å². The minimum absolute atomic E-state index is 0.0285. The zero-order valence-corrected chi connectivity index (χ0v) is 11.1. The van der Waals surface area contributed by atoms with Crippen molar-refractivity contribution in [1.29, 1.82) is 0 Å². The van der Waals surface area contributed by atoms with Gasteiger partial charge in [0.25, 0.3) is 0 Å². The van der Waals surface area contributed by atoms with Gasteiger partial charge in [-0.2, -0.15) is 4.98 Å². The van der Waals surface area contributed by atoms with Crippen LogP contribution in [0.2, 0.25) is 0 Å². The standard InChI is InChI=1S/C13H15N5O2/c1-7-16-13(20-18-7)6-15-11-5-10-8(4-9(11)14)2-3-12(19)17-10/h4-5,15H,2-3,6,14H2,1H3,(H,17,19). The van der Waals surface area contributed by atoms with Gasteiger partial charge in [-0.25, -0.2) is 0 Å². The molecule has 0 bridgehead atoms. The van der Waals surface area contributed by atoms with Gasteiger partial charge in [0.2, 0.25) is 11.8 Å². The van der Waals surface area contributed by atoms with Crippen LogP contribution in [-0.2, 0) is 17.8 Å². The molecular weight excluding hydrogens is 258 g/mol. The third-order valence-electron chi connectivity index (χ3n) is 3.17. The van der Waals surface area contributed by atoms with E-state index in [1.165, 1.54) is 0 Å². The Bertz CT molecular complexity index is 665. The van der Waals surface area contributed by atoms with Crippen molar-refractivity contribution in [3.63, 3.8) is 0 Å². The summed E-state index contributed by atoms with van der Waals surface area (Å²) in [5.41, 5.74) is 9.24. The SMILES string of the molecule is Cc1noc(CNc2cc3c(cc2N)CCC(=O)N3)n1. The Morgan fingerprint density at radius 1 is 1.45 bits per heavy atom. The van der Waals surface area contributed by atoms with Gasteiger partial charge >= 0.3 is 0 Å². The number of hydrogen-bond acceptors (Lipinski definition) is 6. The number of nitrogen functional groups attached to an aromatic ring is 1. The van der Waals surface area contributed by atoms with Crippen molar-refractivity contribution >= 4 is 23.0 Å². The van der Waals surface area contributed by atoms with Gasteiger partial charge in [-0.05, 0) is 31.0 Å². The van der Waals surface area contributed by atoms with Crippen LogP contribution in [0, 0.1) is 6.92 Å². The molecule has 1 aromatic carbocycles. The molecule has 0 atom stereocenters. The highest BCUT2D eigenvalue weighted by atomic mass is 16.5. The van der Waals surface area contributed by atoms with Gasteiger partial charge in [-0.15, -0.1) is 0 Å². The molecule has 0 fully saturated rings. The molecule has 1 aliphatic heterocycles. The minimum atomic E-state index is 0.0285. The maximum atomic E-state index is 11.4. The second-order valence-corrected chi connectivity index (χ2v) is 4.73. The average molecular weight is 273 g/mol. The van der Waals surface area contributed by atoms with Crippen molar-refractivity contribution in [3.05, 3.63) is 29.4 Å². The summed E-state index contributed by atoms with van der Waals surface area (Å²) in [6.07, 6.45) is 1.22. The monoisotopic (exact) mass is 273 g/mol. The molecule has 2 heterocycles. The fraction of sp³-hybridized carbons (Fsp3) is 0.308. The molecule has 1 amide bonds. The van der Waals surface area contributed by atoms with E-state index < -0.39 is 0 Å². The first-order valence-electron chi connectivity index (χ1n) is 6.37. The zero-order chi connectivity index (χ0) is 14.1. The van der Waals surface area contributed by atoms with Gasteiger partial charge < -0.3 is 20.9 Å². The number of nitrogens with zero attached hydrogens (tertiary/aromatic N) is 2. The first kappa shape index (κ1) is 12.5. The van der Waals surface area contributed by atoms with Gasteiger partial charge in [-0.1, -0.05) is 5.16 Å². The summed E-state index contributed by atoms with van der Waals surface area (Å²) in [4.78, 5) is 15.5. The van der Waals surface area contributed by atoms with Crippen molar-refractivity contribution in [2.24, 2.45) is 0 Å².